The molecule has 0 unspecified atom stereocenters. The number of ketones is 1. The number of Topliss-reactive ketones (excluding diaryl/α,β-unsaturated/α-hetero) is 1. The van der Waals surface area contributed by atoms with Crippen molar-refractivity contribution in [3.63, 3.8) is 0 Å². The van der Waals surface area contributed by atoms with Crippen LogP contribution in [0.3, 0.4) is 0 Å². The predicted octanol–water partition coefficient (Wildman–Crippen LogP) is 3.62. The van der Waals surface area contributed by atoms with E-state index in [2.05, 4.69) is 5.32 Å². The molecule has 2 aromatic rings. The van der Waals surface area contributed by atoms with Crippen molar-refractivity contribution in [2.45, 2.75) is 33.1 Å². The highest BCUT2D eigenvalue weighted by molar-refractivity contribution is 5.98. The maximum absolute atomic E-state index is 12.1. The Kier molecular flexibility index (Phi) is 7.14. The molecule has 0 atom stereocenters. The lowest BCUT2D eigenvalue weighted by Crippen LogP contribution is -2.15. The van der Waals surface area contributed by atoms with Crippen LogP contribution in [0, 0.1) is 5.92 Å². The van der Waals surface area contributed by atoms with E-state index in [1.165, 1.54) is 0 Å². The lowest BCUT2D eigenvalue weighted by Gasteiger charge is -2.08. The van der Waals surface area contributed by atoms with Gasteiger partial charge in [-0.3, -0.25) is 14.4 Å². The number of ether oxygens (including phenoxy) is 1. The molecule has 0 fully saturated rings. The predicted molar refractivity (Wildman–Crippen MR) is 96.8 cm³/mol. The lowest BCUT2D eigenvalue weighted by atomic mass is 10.1. The average Bonchev–Trinajstić information content (AvgIpc) is 3.11. The van der Waals surface area contributed by atoms with Gasteiger partial charge in [-0.25, -0.2) is 0 Å². The number of carbonyl (C=O) groups excluding carboxylic acids is 3. The van der Waals surface area contributed by atoms with Gasteiger partial charge in [0.2, 0.25) is 5.91 Å². The fourth-order valence-electron chi connectivity index (χ4n) is 2.30. The number of nitrogens with one attached hydrogen (secondary N) is 1. The Bertz CT molecular complexity index is 732. The summed E-state index contributed by atoms with van der Waals surface area (Å²) < 4.78 is 10.1. The highest BCUT2D eigenvalue weighted by atomic mass is 16.5. The van der Waals surface area contributed by atoms with Crippen LogP contribution in [0.25, 0.3) is 0 Å². The number of hydrogen-bond donors (Lipinski definition) is 1. The average molecular weight is 357 g/mol. The molecule has 1 N–H and O–H groups in total. The molecule has 0 aliphatic carbocycles. The molecule has 6 heteroatoms. The van der Waals surface area contributed by atoms with Crippen LogP contribution in [0.15, 0.2) is 47.1 Å². The van der Waals surface area contributed by atoms with Gasteiger partial charge in [0.25, 0.3) is 0 Å². The summed E-state index contributed by atoms with van der Waals surface area (Å²) in [6.45, 7) is 3.63. The molecule has 0 radical (unpaired) electrons. The fourth-order valence-corrected chi connectivity index (χ4v) is 2.30. The number of aryl methyl sites for hydroxylation is 1. The number of anilines is 1. The first-order valence-electron chi connectivity index (χ1n) is 8.55. The number of benzene rings is 1. The molecule has 0 spiro atoms. The van der Waals surface area contributed by atoms with E-state index in [1.54, 1.807) is 42.7 Å². The van der Waals surface area contributed by atoms with Gasteiger partial charge < -0.3 is 14.5 Å². The van der Waals surface area contributed by atoms with Gasteiger partial charge in [0.15, 0.2) is 12.4 Å². The molecule has 0 saturated carbocycles. The number of furan rings is 1. The number of hydrogen-bond acceptors (Lipinski definition) is 5. The topological polar surface area (TPSA) is 85.6 Å². The van der Waals surface area contributed by atoms with Gasteiger partial charge in [-0.2, -0.15) is 0 Å². The third-order valence-electron chi connectivity index (χ3n) is 3.60. The van der Waals surface area contributed by atoms with E-state index in [1.807, 2.05) is 13.8 Å². The molecular formula is C20H23NO5. The monoisotopic (exact) mass is 357 g/mol. The normalized spacial score (nSPS) is 10.6. The van der Waals surface area contributed by atoms with E-state index in [0.717, 1.165) is 0 Å². The summed E-state index contributed by atoms with van der Waals surface area (Å²) in [5.41, 5.74) is 1.05. The van der Waals surface area contributed by atoms with Crippen LogP contribution in [0.1, 0.15) is 42.8 Å². The van der Waals surface area contributed by atoms with E-state index in [4.69, 9.17) is 9.15 Å². The van der Waals surface area contributed by atoms with E-state index in [-0.39, 0.29) is 30.6 Å². The SMILES string of the molecule is CC(C)CC(=O)Nc1ccc(C(=O)COC(=O)CCc2ccco2)cc1. The second-order valence-electron chi connectivity index (χ2n) is 6.39. The van der Waals surface area contributed by atoms with Crippen LogP contribution < -0.4 is 5.32 Å². The molecule has 0 bridgehead atoms. The quantitative estimate of drug-likeness (QED) is 0.547. The Labute approximate surface area is 152 Å². The smallest absolute Gasteiger partial charge is 0.306 e. The standard InChI is InChI=1S/C20H23NO5/c1-14(2)12-19(23)21-16-7-5-15(6-8-16)18(22)13-26-20(24)10-9-17-4-3-11-25-17/h3-8,11,14H,9-10,12-13H2,1-2H3,(H,21,23). The van der Waals surface area contributed by atoms with Crippen LogP contribution in [-0.2, 0) is 20.7 Å². The third-order valence-corrected chi connectivity index (χ3v) is 3.60. The van der Waals surface area contributed by atoms with Crippen LogP contribution in [0.2, 0.25) is 0 Å². The van der Waals surface area contributed by atoms with Crippen LogP contribution in [0.5, 0.6) is 0 Å². The van der Waals surface area contributed by atoms with E-state index in [0.29, 0.717) is 29.9 Å². The van der Waals surface area contributed by atoms with Crippen molar-refractivity contribution >= 4 is 23.3 Å². The van der Waals surface area contributed by atoms with Crippen molar-refractivity contribution in [2.75, 3.05) is 11.9 Å². The summed E-state index contributed by atoms with van der Waals surface area (Å²) in [4.78, 5) is 35.5. The highest BCUT2D eigenvalue weighted by Crippen LogP contribution is 2.12. The van der Waals surface area contributed by atoms with Gasteiger partial charge >= 0.3 is 5.97 Å². The maximum Gasteiger partial charge on any atom is 0.306 e. The Morgan fingerprint density at radius 1 is 1.12 bits per heavy atom. The molecule has 1 amide bonds. The van der Waals surface area contributed by atoms with Crippen molar-refractivity contribution in [2.24, 2.45) is 5.92 Å². The lowest BCUT2D eigenvalue weighted by molar-refractivity contribution is -0.142. The number of amides is 1. The van der Waals surface area contributed by atoms with Gasteiger partial charge in [0.05, 0.1) is 12.7 Å². The molecule has 138 valence electrons. The summed E-state index contributed by atoms with van der Waals surface area (Å²) in [6.07, 6.45) is 2.57. The first-order valence-corrected chi connectivity index (χ1v) is 8.55. The van der Waals surface area contributed by atoms with Gasteiger partial charge in [-0.05, 0) is 42.3 Å². The molecule has 1 aromatic carbocycles. The Balaban J connectivity index is 1.76. The van der Waals surface area contributed by atoms with Gasteiger partial charge in [0, 0.05) is 24.1 Å². The Morgan fingerprint density at radius 3 is 2.46 bits per heavy atom. The minimum atomic E-state index is -0.452. The van der Waals surface area contributed by atoms with Crippen LogP contribution in [0.4, 0.5) is 5.69 Å². The first-order chi connectivity index (χ1) is 12.4. The molecule has 2 rings (SSSR count). The van der Waals surface area contributed by atoms with Gasteiger partial charge in [0.1, 0.15) is 5.76 Å². The van der Waals surface area contributed by atoms with E-state index in [9.17, 15) is 14.4 Å². The molecule has 0 aliphatic heterocycles. The van der Waals surface area contributed by atoms with Crippen molar-refractivity contribution in [3.05, 3.63) is 54.0 Å². The van der Waals surface area contributed by atoms with Crippen LogP contribution >= 0.6 is 0 Å². The molecule has 1 aromatic heterocycles. The summed E-state index contributed by atoms with van der Waals surface area (Å²) >= 11 is 0. The van der Waals surface area contributed by atoms with Crippen molar-refractivity contribution in [3.8, 4) is 0 Å². The summed E-state index contributed by atoms with van der Waals surface area (Å²) in [6, 6.07) is 10.0. The zero-order chi connectivity index (χ0) is 18.9. The largest absolute Gasteiger partial charge is 0.469 e. The molecular weight excluding hydrogens is 334 g/mol. The summed E-state index contributed by atoms with van der Waals surface area (Å²) in [7, 11) is 0. The molecule has 6 nitrogen and oxygen atoms in total. The van der Waals surface area contributed by atoms with E-state index < -0.39 is 5.97 Å². The zero-order valence-electron chi connectivity index (χ0n) is 15.0. The summed E-state index contributed by atoms with van der Waals surface area (Å²) in [5.74, 6) is 0.162. The number of carbonyl (C=O) groups is 3. The third kappa shape index (κ3) is 6.55. The first kappa shape index (κ1) is 19.4. The molecule has 0 saturated heterocycles. The van der Waals surface area contributed by atoms with Crippen LogP contribution in [-0.4, -0.2) is 24.3 Å². The minimum absolute atomic E-state index is 0.0652. The van der Waals surface area contributed by atoms with Crippen molar-refractivity contribution < 1.29 is 23.5 Å². The van der Waals surface area contributed by atoms with Gasteiger partial charge in [-0.1, -0.05) is 13.8 Å². The number of rotatable bonds is 9. The zero-order valence-corrected chi connectivity index (χ0v) is 15.0. The second kappa shape index (κ2) is 9.56. The molecule has 1 heterocycles. The van der Waals surface area contributed by atoms with Crippen molar-refractivity contribution in [1.82, 2.24) is 0 Å². The minimum Gasteiger partial charge on any atom is -0.469 e. The van der Waals surface area contributed by atoms with E-state index >= 15 is 0 Å². The molecule has 26 heavy (non-hydrogen) atoms. The molecule has 0 aliphatic rings. The maximum atomic E-state index is 12.1. The Morgan fingerprint density at radius 2 is 1.85 bits per heavy atom. The highest BCUT2D eigenvalue weighted by Gasteiger charge is 2.11. The van der Waals surface area contributed by atoms with Gasteiger partial charge in [-0.15, -0.1) is 0 Å². The second-order valence-corrected chi connectivity index (χ2v) is 6.39. The Hall–Kier alpha value is -2.89. The van der Waals surface area contributed by atoms with Crippen molar-refractivity contribution in [1.29, 1.82) is 0 Å². The number of esters is 1. The fraction of sp³-hybridized carbons (Fsp3) is 0.350. The summed E-state index contributed by atoms with van der Waals surface area (Å²) in [5, 5.41) is 2.78.